The molecular weight excluding hydrogens is 646 g/mol. The van der Waals surface area contributed by atoms with Crippen LogP contribution in [0.15, 0.2) is 66.7 Å². The fourth-order valence-corrected chi connectivity index (χ4v) is 6.60. The Morgan fingerprint density at radius 3 is 2.35 bits per heavy atom. The number of carbonyl (C=O) groups excluding carboxylic acids is 4. The minimum Gasteiger partial charge on any atom is -0.427 e. The smallest absolute Gasteiger partial charge is 0.418 e. The highest BCUT2D eigenvalue weighted by Crippen LogP contribution is 2.46. The molecule has 3 aromatic carbocycles. The third-order valence-corrected chi connectivity index (χ3v) is 9.23. The summed E-state index contributed by atoms with van der Waals surface area (Å²) < 4.78 is 60.2. The van der Waals surface area contributed by atoms with Crippen LogP contribution in [0.3, 0.4) is 0 Å². The van der Waals surface area contributed by atoms with Crippen LogP contribution in [-0.2, 0) is 39.4 Å². The molecule has 0 bridgehead atoms. The first-order valence-corrected chi connectivity index (χ1v) is 16.0. The number of hydrogen-bond acceptors (Lipinski definition) is 6. The summed E-state index contributed by atoms with van der Waals surface area (Å²) in [5.74, 6) is -2.60. The van der Waals surface area contributed by atoms with Crippen LogP contribution in [-0.4, -0.2) is 70.5 Å². The number of hydrogen-bond donors (Lipinski definition) is 2. The van der Waals surface area contributed by atoms with Crippen molar-refractivity contribution in [2.75, 3.05) is 30.3 Å². The second kappa shape index (κ2) is 13.5. The maximum absolute atomic E-state index is 13.7. The van der Waals surface area contributed by atoms with Crippen molar-refractivity contribution in [3.8, 4) is 0 Å². The summed E-state index contributed by atoms with van der Waals surface area (Å²) >= 11 is 0. The van der Waals surface area contributed by atoms with Crippen molar-refractivity contribution in [1.82, 2.24) is 14.7 Å². The molecule has 2 aliphatic heterocycles. The van der Waals surface area contributed by atoms with E-state index in [9.17, 15) is 36.7 Å². The van der Waals surface area contributed by atoms with Crippen LogP contribution in [0, 0.1) is 5.82 Å². The van der Waals surface area contributed by atoms with Crippen LogP contribution in [0.4, 0.5) is 38.5 Å². The molecule has 0 saturated carbocycles. The predicted octanol–water partition coefficient (Wildman–Crippen LogP) is 6.17. The van der Waals surface area contributed by atoms with Gasteiger partial charge in [-0.15, -0.1) is 0 Å². The van der Waals surface area contributed by atoms with E-state index in [4.69, 9.17) is 4.74 Å². The second-order valence-corrected chi connectivity index (χ2v) is 12.6. The summed E-state index contributed by atoms with van der Waals surface area (Å²) in [6, 6.07) is 14.3. The van der Waals surface area contributed by atoms with Gasteiger partial charge in [0.15, 0.2) is 0 Å². The number of fused-ring (bicyclic) bond motifs is 2. The summed E-state index contributed by atoms with van der Waals surface area (Å²) in [5.41, 5.74) is 1.63. The lowest BCUT2D eigenvalue weighted by atomic mass is 9.94. The second-order valence-electron chi connectivity index (χ2n) is 12.6. The van der Waals surface area contributed by atoms with E-state index < -0.39 is 60.7 Å². The summed E-state index contributed by atoms with van der Waals surface area (Å²) in [4.78, 5) is 56.1. The van der Waals surface area contributed by atoms with E-state index >= 15 is 0 Å². The van der Waals surface area contributed by atoms with E-state index in [1.807, 2.05) is 18.2 Å². The summed E-state index contributed by atoms with van der Waals surface area (Å²) in [6.45, 7) is 2.20. The first-order chi connectivity index (χ1) is 23.3. The van der Waals surface area contributed by atoms with Gasteiger partial charge in [0.25, 0.3) is 5.91 Å². The van der Waals surface area contributed by atoms with Crippen molar-refractivity contribution in [3.05, 3.63) is 94.8 Å². The number of anilines is 2. The van der Waals surface area contributed by atoms with Gasteiger partial charge in [0.1, 0.15) is 18.4 Å². The molecule has 0 unspecified atom stereocenters. The van der Waals surface area contributed by atoms with Gasteiger partial charge >= 0.3 is 18.3 Å². The Morgan fingerprint density at radius 1 is 0.959 bits per heavy atom. The van der Waals surface area contributed by atoms with E-state index in [0.717, 1.165) is 44.3 Å². The third kappa shape index (κ3) is 7.24. The third-order valence-electron chi connectivity index (χ3n) is 9.23. The summed E-state index contributed by atoms with van der Waals surface area (Å²) in [6.07, 6.45) is -3.25. The molecule has 10 nitrogen and oxygen atoms in total. The number of alkyl halides is 3. The highest BCUT2D eigenvalue weighted by Gasteiger charge is 2.58. The Balaban J connectivity index is 1.12. The van der Waals surface area contributed by atoms with Gasteiger partial charge in [0, 0.05) is 36.4 Å². The van der Waals surface area contributed by atoms with Crippen molar-refractivity contribution >= 4 is 35.3 Å². The molecule has 1 aliphatic carbocycles. The van der Waals surface area contributed by atoms with Crippen LogP contribution in [0.25, 0.3) is 0 Å². The lowest BCUT2D eigenvalue weighted by Crippen LogP contribution is -2.51. The zero-order valence-corrected chi connectivity index (χ0v) is 26.7. The molecule has 2 N–H and O–H groups in total. The Kier molecular flexibility index (Phi) is 9.34. The summed E-state index contributed by atoms with van der Waals surface area (Å²) in [5, 5.41) is 5.61. The zero-order valence-electron chi connectivity index (χ0n) is 26.7. The fraction of sp³-hybridized carbons (Fsp3) is 0.371. The average Bonchev–Trinajstić information content (AvgIpc) is 3.75. The van der Waals surface area contributed by atoms with Gasteiger partial charge in [-0.05, 0) is 92.4 Å². The van der Waals surface area contributed by atoms with E-state index in [-0.39, 0.29) is 12.0 Å². The number of nitrogens with one attached hydrogen (secondary N) is 2. The molecule has 14 heteroatoms. The van der Waals surface area contributed by atoms with Crippen LogP contribution in [0.1, 0.15) is 48.4 Å². The Bertz CT molecular complexity index is 1760. The van der Waals surface area contributed by atoms with Crippen LogP contribution in [0.5, 0.6) is 0 Å². The van der Waals surface area contributed by atoms with Gasteiger partial charge in [-0.2, -0.15) is 13.2 Å². The Hall–Kier alpha value is -4.98. The maximum Gasteiger partial charge on any atom is 0.418 e. The monoisotopic (exact) mass is 681 g/mol. The predicted molar refractivity (Wildman–Crippen MR) is 171 cm³/mol. The van der Waals surface area contributed by atoms with Gasteiger partial charge in [0.2, 0.25) is 11.5 Å². The topological polar surface area (TPSA) is 111 Å². The van der Waals surface area contributed by atoms with Crippen molar-refractivity contribution in [3.63, 3.8) is 0 Å². The molecule has 5 amide bonds. The minimum atomic E-state index is -4.81. The number of benzene rings is 3. The lowest BCUT2D eigenvalue weighted by molar-refractivity contribution is -0.187. The first kappa shape index (κ1) is 33.9. The largest absolute Gasteiger partial charge is 0.427 e. The number of carbonyl (C=O) groups is 4. The van der Waals surface area contributed by atoms with Gasteiger partial charge in [-0.3, -0.25) is 14.5 Å². The van der Waals surface area contributed by atoms with E-state index in [2.05, 4.69) is 15.5 Å². The number of imide groups is 1. The molecule has 258 valence electrons. The number of aryl methyl sites for hydroxylation is 1. The van der Waals surface area contributed by atoms with Gasteiger partial charge in [-0.25, -0.2) is 18.9 Å². The van der Waals surface area contributed by atoms with Crippen LogP contribution >= 0.6 is 0 Å². The van der Waals surface area contributed by atoms with Gasteiger partial charge < -0.3 is 20.3 Å². The van der Waals surface area contributed by atoms with Crippen molar-refractivity contribution in [2.24, 2.45) is 0 Å². The first-order valence-electron chi connectivity index (χ1n) is 16.0. The molecule has 6 rings (SSSR count). The molecule has 3 aromatic rings. The molecule has 1 spiro atoms. The summed E-state index contributed by atoms with van der Waals surface area (Å²) in [7, 11) is 0. The quantitative estimate of drug-likeness (QED) is 0.262. The fourth-order valence-electron chi connectivity index (χ4n) is 6.60. The van der Waals surface area contributed by atoms with E-state index in [1.54, 1.807) is 24.3 Å². The minimum absolute atomic E-state index is 0.0509. The number of amides is 5. The Morgan fingerprint density at radius 2 is 1.65 bits per heavy atom. The number of urea groups is 1. The maximum atomic E-state index is 13.7. The zero-order chi connectivity index (χ0) is 34.9. The van der Waals surface area contributed by atoms with E-state index in [1.165, 1.54) is 25.0 Å². The number of ether oxygens (including phenoxy) is 1. The van der Waals surface area contributed by atoms with Crippen molar-refractivity contribution < 1.29 is 41.5 Å². The molecule has 0 radical (unpaired) electrons. The molecule has 2 heterocycles. The van der Waals surface area contributed by atoms with Crippen LogP contribution < -0.4 is 10.6 Å². The molecule has 49 heavy (non-hydrogen) atoms. The van der Waals surface area contributed by atoms with E-state index in [0.29, 0.717) is 38.7 Å². The number of rotatable bonds is 9. The average molecular weight is 682 g/mol. The highest BCUT2D eigenvalue weighted by atomic mass is 19.4. The van der Waals surface area contributed by atoms with Gasteiger partial charge in [0.05, 0.1) is 0 Å². The van der Waals surface area contributed by atoms with Crippen molar-refractivity contribution in [1.29, 1.82) is 0 Å². The van der Waals surface area contributed by atoms with Crippen LogP contribution in [0.2, 0.25) is 0 Å². The molecular formula is C35H35F4N5O5. The molecule has 2 atom stereocenters. The van der Waals surface area contributed by atoms with Crippen molar-refractivity contribution in [2.45, 2.75) is 63.5 Å². The molecule has 2 saturated heterocycles. The Labute approximate surface area is 280 Å². The number of likely N-dealkylation sites (tertiary alicyclic amines) is 1. The SMILES string of the molecule is C[C@H](N(Cc1ccc(F)cc1)C(=O)CN1C(=O)O[C@@]2(CCc3cc(NC(=O)Nc4cccc(CN5CCCC5)c4)ccc32)C1=O)C(F)(F)F. The lowest BCUT2D eigenvalue weighted by Gasteiger charge is -2.31. The number of nitrogens with zero attached hydrogens (tertiary/aromatic N) is 3. The number of halogens is 4. The highest BCUT2D eigenvalue weighted by molar-refractivity contribution is 6.06. The molecule has 2 fully saturated rings. The molecule has 0 aromatic heterocycles. The normalized spacial score (nSPS) is 19.6. The molecule has 3 aliphatic rings. The standard InChI is InChI=1S/C35H35F4N5O5/c1-22(35(37,38)39)43(20-23-7-9-26(36)10-8-23)30(45)21-44-31(46)34(49-33(44)48)14-13-25-18-28(11-12-29(25)34)41-32(47)40-27-6-4-5-24(17-27)19-42-15-2-3-16-42/h4-12,17-18,22H,2-3,13-16,19-21H2,1H3,(H2,40,41,47)/t22-,34+/m0/s1. The van der Waals surface area contributed by atoms with Gasteiger partial charge in [-0.1, -0.05) is 30.3 Å².